The fourth-order valence-electron chi connectivity index (χ4n) is 3.31. The number of ether oxygens (including phenoxy) is 2. The molecule has 4 rings (SSSR count). The van der Waals surface area contributed by atoms with E-state index < -0.39 is 0 Å². The molecule has 10 heteroatoms. The van der Waals surface area contributed by atoms with Crippen LogP contribution in [0.5, 0.6) is 11.5 Å². The SMILES string of the molecule is CC.Cc1nc(N)ccc1CNC(=O)Cn1c(C)cnc(NCc2ccc3c(c2)OCO3)c1=O. The third-order valence-electron chi connectivity index (χ3n) is 5.15. The van der Waals surface area contributed by atoms with E-state index in [1.54, 1.807) is 19.2 Å². The number of hydrogen-bond acceptors (Lipinski definition) is 8. The Kier molecular flexibility index (Phi) is 8.07. The number of benzene rings is 1. The van der Waals surface area contributed by atoms with Crippen molar-refractivity contribution in [1.29, 1.82) is 0 Å². The number of hydrogen-bond donors (Lipinski definition) is 3. The fraction of sp³-hybridized carbons (Fsp3) is 0.333. The van der Waals surface area contributed by atoms with Crippen LogP contribution in [0.25, 0.3) is 0 Å². The molecule has 1 amide bonds. The highest BCUT2D eigenvalue weighted by molar-refractivity contribution is 5.75. The van der Waals surface area contributed by atoms with Crippen LogP contribution in [-0.2, 0) is 24.4 Å². The molecule has 0 spiro atoms. The van der Waals surface area contributed by atoms with Gasteiger partial charge in [-0.2, -0.15) is 0 Å². The van der Waals surface area contributed by atoms with Gasteiger partial charge in [0.05, 0.1) is 0 Å². The predicted octanol–water partition coefficient (Wildman–Crippen LogP) is 2.52. The van der Waals surface area contributed by atoms with Gasteiger partial charge in [0.15, 0.2) is 17.3 Å². The second-order valence-corrected chi connectivity index (χ2v) is 7.44. The first-order valence-electron chi connectivity index (χ1n) is 11.1. The second kappa shape index (κ2) is 11.2. The quantitative estimate of drug-likeness (QED) is 0.484. The largest absolute Gasteiger partial charge is 0.454 e. The van der Waals surface area contributed by atoms with E-state index in [-0.39, 0.29) is 30.6 Å². The number of nitrogens with zero attached hydrogens (tertiary/aromatic N) is 3. The lowest BCUT2D eigenvalue weighted by Crippen LogP contribution is -2.34. The number of rotatable bonds is 7. The molecule has 0 saturated carbocycles. The van der Waals surface area contributed by atoms with Gasteiger partial charge in [0, 0.05) is 30.7 Å². The van der Waals surface area contributed by atoms with E-state index in [4.69, 9.17) is 15.2 Å². The summed E-state index contributed by atoms with van der Waals surface area (Å²) < 4.78 is 12.1. The van der Waals surface area contributed by atoms with Crippen molar-refractivity contribution < 1.29 is 14.3 Å². The summed E-state index contributed by atoms with van der Waals surface area (Å²) in [5, 5.41) is 5.86. The lowest BCUT2D eigenvalue weighted by atomic mass is 10.2. The zero-order valence-corrected chi connectivity index (χ0v) is 19.8. The Bertz CT molecular complexity index is 1220. The molecule has 0 unspecified atom stereocenters. The summed E-state index contributed by atoms with van der Waals surface area (Å²) >= 11 is 0. The van der Waals surface area contributed by atoms with Gasteiger partial charge in [0.1, 0.15) is 12.4 Å². The molecule has 0 bridgehead atoms. The molecule has 3 aromatic rings. The number of nitrogen functional groups attached to an aromatic ring is 1. The summed E-state index contributed by atoms with van der Waals surface area (Å²) in [5.74, 6) is 1.67. The average molecular weight is 467 g/mol. The van der Waals surface area contributed by atoms with E-state index in [0.29, 0.717) is 36.1 Å². The molecule has 10 nitrogen and oxygen atoms in total. The number of pyridine rings is 1. The second-order valence-electron chi connectivity index (χ2n) is 7.44. The van der Waals surface area contributed by atoms with Crippen LogP contribution in [0.2, 0.25) is 0 Å². The molecule has 1 aromatic carbocycles. The van der Waals surface area contributed by atoms with Crippen molar-refractivity contribution in [3.8, 4) is 11.5 Å². The number of aryl methyl sites for hydroxylation is 2. The molecule has 3 heterocycles. The zero-order valence-electron chi connectivity index (χ0n) is 19.8. The summed E-state index contributed by atoms with van der Waals surface area (Å²) in [6.45, 7) is 8.31. The van der Waals surface area contributed by atoms with Crippen molar-refractivity contribution in [2.24, 2.45) is 0 Å². The Balaban J connectivity index is 0.00000158. The number of carbonyl (C=O) groups excluding carboxylic acids is 1. The first kappa shape index (κ1) is 24.6. The van der Waals surface area contributed by atoms with Gasteiger partial charge < -0.3 is 25.8 Å². The molecule has 1 aliphatic rings. The summed E-state index contributed by atoms with van der Waals surface area (Å²) in [4.78, 5) is 33.7. The Morgan fingerprint density at radius 2 is 1.88 bits per heavy atom. The molecule has 0 radical (unpaired) electrons. The molecule has 0 atom stereocenters. The number of aromatic nitrogens is 3. The van der Waals surface area contributed by atoms with Crippen LogP contribution >= 0.6 is 0 Å². The van der Waals surface area contributed by atoms with Crippen molar-refractivity contribution in [3.05, 3.63) is 69.4 Å². The van der Waals surface area contributed by atoms with Gasteiger partial charge in [0.25, 0.3) is 5.56 Å². The monoisotopic (exact) mass is 466 g/mol. The van der Waals surface area contributed by atoms with Crippen LogP contribution in [0.1, 0.15) is 36.4 Å². The highest BCUT2D eigenvalue weighted by Gasteiger charge is 2.15. The molecular formula is C24H30N6O4. The summed E-state index contributed by atoms with van der Waals surface area (Å²) in [6, 6.07) is 9.06. The normalized spacial score (nSPS) is 11.4. The number of amides is 1. The van der Waals surface area contributed by atoms with E-state index >= 15 is 0 Å². The number of carbonyl (C=O) groups is 1. The first-order chi connectivity index (χ1) is 16.4. The number of fused-ring (bicyclic) bond motifs is 1. The molecule has 180 valence electrons. The summed E-state index contributed by atoms with van der Waals surface area (Å²) in [6.07, 6.45) is 1.56. The van der Waals surface area contributed by atoms with E-state index in [1.165, 1.54) is 4.57 Å². The van der Waals surface area contributed by atoms with Gasteiger partial charge in [-0.1, -0.05) is 26.0 Å². The van der Waals surface area contributed by atoms with Crippen LogP contribution in [0.15, 0.2) is 41.3 Å². The summed E-state index contributed by atoms with van der Waals surface area (Å²) in [7, 11) is 0. The van der Waals surface area contributed by atoms with Crippen LogP contribution < -0.4 is 31.4 Å². The molecular weight excluding hydrogens is 436 g/mol. The molecule has 0 aliphatic carbocycles. The lowest BCUT2D eigenvalue weighted by Gasteiger charge is -2.13. The van der Waals surface area contributed by atoms with Crippen molar-refractivity contribution in [2.75, 3.05) is 17.8 Å². The highest BCUT2D eigenvalue weighted by atomic mass is 16.7. The van der Waals surface area contributed by atoms with Crippen molar-refractivity contribution >= 4 is 17.5 Å². The van der Waals surface area contributed by atoms with Gasteiger partial charge in [0.2, 0.25) is 12.7 Å². The maximum atomic E-state index is 12.9. The van der Waals surface area contributed by atoms with Gasteiger partial charge in [-0.15, -0.1) is 0 Å². The molecule has 4 N–H and O–H groups in total. The average Bonchev–Trinajstić information content (AvgIpc) is 3.30. The minimum absolute atomic E-state index is 0.118. The van der Waals surface area contributed by atoms with E-state index in [2.05, 4.69) is 20.6 Å². The fourth-order valence-corrected chi connectivity index (χ4v) is 3.31. The minimum atomic E-state index is -0.369. The van der Waals surface area contributed by atoms with Crippen LogP contribution in [0.3, 0.4) is 0 Å². The molecule has 0 fully saturated rings. The Hall–Kier alpha value is -4.08. The summed E-state index contributed by atoms with van der Waals surface area (Å²) in [5.41, 5.74) is 8.39. The Morgan fingerprint density at radius 1 is 1.12 bits per heavy atom. The van der Waals surface area contributed by atoms with Crippen LogP contribution in [0, 0.1) is 13.8 Å². The van der Waals surface area contributed by atoms with Crippen molar-refractivity contribution in [2.45, 2.75) is 47.3 Å². The molecule has 2 aromatic heterocycles. The Morgan fingerprint density at radius 3 is 2.65 bits per heavy atom. The van der Waals surface area contributed by atoms with Gasteiger partial charge in [-0.05, 0) is 43.2 Å². The topological polar surface area (TPSA) is 133 Å². The third kappa shape index (κ3) is 5.83. The van der Waals surface area contributed by atoms with Crippen LogP contribution in [0.4, 0.5) is 11.6 Å². The lowest BCUT2D eigenvalue weighted by molar-refractivity contribution is -0.121. The smallest absolute Gasteiger partial charge is 0.293 e. The standard InChI is InChI=1S/C22H24N6O4.C2H6/c1-13-8-25-21(26-9-15-3-5-17-18(7-15)32-12-31-17)22(30)28(13)11-20(29)24-10-16-4-6-19(23)27-14(16)2;1-2/h3-8H,9-12H2,1-2H3,(H2,23,27)(H,24,29)(H,25,26);1-2H3. The van der Waals surface area contributed by atoms with Gasteiger partial charge in [-0.3, -0.25) is 14.2 Å². The van der Waals surface area contributed by atoms with Crippen LogP contribution in [-0.4, -0.2) is 27.2 Å². The maximum Gasteiger partial charge on any atom is 0.293 e. The van der Waals surface area contributed by atoms with Crippen molar-refractivity contribution in [1.82, 2.24) is 19.9 Å². The maximum absolute atomic E-state index is 12.9. The number of anilines is 2. The van der Waals surface area contributed by atoms with Gasteiger partial charge in [-0.25, -0.2) is 9.97 Å². The van der Waals surface area contributed by atoms with E-state index in [9.17, 15) is 9.59 Å². The highest BCUT2D eigenvalue weighted by Crippen LogP contribution is 2.32. The first-order valence-corrected chi connectivity index (χ1v) is 11.1. The van der Waals surface area contributed by atoms with Gasteiger partial charge >= 0.3 is 0 Å². The predicted molar refractivity (Wildman–Crippen MR) is 130 cm³/mol. The number of nitrogens with two attached hydrogens (primary N) is 1. The number of nitrogens with one attached hydrogen (secondary N) is 2. The molecule has 34 heavy (non-hydrogen) atoms. The van der Waals surface area contributed by atoms with E-state index in [0.717, 1.165) is 16.8 Å². The Labute approximate surface area is 198 Å². The van der Waals surface area contributed by atoms with E-state index in [1.807, 2.05) is 45.0 Å². The van der Waals surface area contributed by atoms with Crippen molar-refractivity contribution in [3.63, 3.8) is 0 Å². The minimum Gasteiger partial charge on any atom is -0.454 e. The molecule has 0 saturated heterocycles. The third-order valence-corrected chi connectivity index (χ3v) is 5.15. The zero-order chi connectivity index (χ0) is 24.7. The molecule has 1 aliphatic heterocycles.